The molecule has 1 amide bonds. The van der Waals surface area contributed by atoms with Gasteiger partial charge in [0.15, 0.2) is 22.3 Å². The molecule has 3 aromatic rings. The highest BCUT2D eigenvalue weighted by Crippen LogP contribution is 2.32. The Morgan fingerprint density at radius 3 is 2.87 bits per heavy atom. The first kappa shape index (κ1) is 21.2. The van der Waals surface area contributed by atoms with Crippen molar-refractivity contribution in [2.45, 2.75) is 38.4 Å². The smallest absolute Gasteiger partial charge is 0.251 e. The third-order valence-corrected chi connectivity index (χ3v) is 5.75. The van der Waals surface area contributed by atoms with Crippen LogP contribution in [0.1, 0.15) is 37.0 Å². The minimum absolute atomic E-state index is 0.172. The molecule has 0 unspecified atom stereocenters. The van der Waals surface area contributed by atoms with E-state index in [1.165, 1.54) is 0 Å². The van der Waals surface area contributed by atoms with Gasteiger partial charge >= 0.3 is 0 Å². The standard InChI is InChI=1S/C21H26N6O3S/c1-3-7-22-18-15-12-24-27(19(15)26-21(25-18)31-10-4-2)9-8-23-20(28)14-5-6-16-17(11-14)30-13-29-16/h5-6,11-12H,3-4,7-10,13H2,1-2H3,(H,23,28)(H,22,25,26). The fraction of sp³-hybridized carbons (Fsp3) is 0.429. The predicted molar refractivity (Wildman–Crippen MR) is 120 cm³/mol. The average Bonchev–Trinajstić information content (AvgIpc) is 3.42. The second kappa shape index (κ2) is 9.86. The van der Waals surface area contributed by atoms with E-state index in [4.69, 9.17) is 14.5 Å². The molecule has 1 aromatic carbocycles. The SMILES string of the molecule is CCCNc1nc(SCCC)nc2c1cnn2CCNC(=O)c1ccc2c(c1)OCO2. The fourth-order valence-electron chi connectivity index (χ4n) is 3.15. The van der Waals surface area contributed by atoms with Gasteiger partial charge in [0.1, 0.15) is 5.82 Å². The number of anilines is 1. The highest BCUT2D eigenvalue weighted by molar-refractivity contribution is 7.99. The molecule has 0 radical (unpaired) electrons. The van der Waals surface area contributed by atoms with E-state index in [0.29, 0.717) is 30.2 Å². The maximum Gasteiger partial charge on any atom is 0.251 e. The summed E-state index contributed by atoms with van der Waals surface area (Å²) in [7, 11) is 0. The van der Waals surface area contributed by atoms with E-state index in [-0.39, 0.29) is 12.7 Å². The van der Waals surface area contributed by atoms with Crippen LogP contribution < -0.4 is 20.1 Å². The second-order valence-corrected chi connectivity index (χ2v) is 8.12. The average molecular weight is 443 g/mol. The Hall–Kier alpha value is -3.01. The summed E-state index contributed by atoms with van der Waals surface area (Å²) in [6, 6.07) is 5.16. The molecule has 164 valence electrons. The van der Waals surface area contributed by atoms with E-state index in [2.05, 4.69) is 34.6 Å². The third kappa shape index (κ3) is 4.84. The van der Waals surface area contributed by atoms with E-state index in [1.807, 2.05) is 4.68 Å². The van der Waals surface area contributed by atoms with Crippen molar-refractivity contribution in [3.8, 4) is 11.5 Å². The first-order chi connectivity index (χ1) is 15.2. The van der Waals surface area contributed by atoms with Crippen LogP contribution >= 0.6 is 11.8 Å². The molecule has 1 aliphatic heterocycles. The maximum atomic E-state index is 12.5. The van der Waals surface area contributed by atoms with Crippen LogP contribution in [0.25, 0.3) is 11.0 Å². The monoisotopic (exact) mass is 442 g/mol. The molecule has 3 heterocycles. The molecule has 0 atom stereocenters. The zero-order chi connectivity index (χ0) is 21.6. The number of fused-ring (bicyclic) bond motifs is 2. The summed E-state index contributed by atoms with van der Waals surface area (Å²) < 4.78 is 12.4. The molecule has 0 saturated carbocycles. The first-order valence-corrected chi connectivity index (χ1v) is 11.5. The quantitative estimate of drug-likeness (QED) is 0.364. The molecule has 1 aliphatic rings. The molecule has 4 rings (SSSR count). The van der Waals surface area contributed by atoms with Crippen molar-refractivity contribution in [2.24, 2.45) is 0 Å². The molecule has 2 N–H and O–H groups in total. The van der Waals surface area contributed by atoms with E-state index < -0.39 is 0 Å². The molecule has 2 aromatic heterocycles. The van der Waals surface area contributed by atoms with Gasteiger partial charge in [-0.25, -0.2) is 14.6 Å². The van der Waals surface area contributed by atoms with Gasteiger partial charge in [-0.05, 0) is 31.0 Å². The number of rotatable bonds is 10. The lowest BCUT2D eigenvalue weighted by atomic mass is 10.2. The van der Waals surface area contributed by atoms with Crippen molar-refractivity contribution in [3.63, 3.8) is 0 Å². The van der Waals surface area contributed by atoms with Gasteiger partial charge in [0.25, 0.3) is 5.91 Å². The number of benzene rings is 1. The first-order valence-electron chi connectivity index (χ1n) is 10.5. The summed E-state index contributed by atoms with van der Waals surface area (Å²) in [5.41, 5.74) is 1.30. The number of nitrogens with zero attached hydrogens (tertiary/aromatic N) is 4. The molecule has 0 spiro atoms. The minimum atomic E-state index is -0.172. The molecule has 0 bridgehead atoms. The zero-order valence-corrected chi connectivity index (χ0v) is 18.5. The van der Waals surface area contributed by atoms with Gasteiger partial charge in [-0.2, -0.15) is 5.10 Å². The van der Waals surface area contributed by atoms with Crippen LogP contribution in [0, 0.1) is 0 Å². The van der Waals surface area contributed by atoms with Crippen LogP contribution in [0.3, 0.4) is 0 Å². The number of hydrogen-bond acceptors (Lipinski definition) is 8. The van der Waals surface area contributed by atoms with Crippen molar-refractivity contribution >= 4 is 34.5 Å². The normalized spacial score (nSPS) is 12.3. The van der Waals surface area contributed by atoms with Gasteiger partial charge in [-0.3, -0.25) is 4.79 Å². The topological polar surface area (TPSA) is 103 Å². The summed E-state index contributed by atoms with van der Waals surface area (Å²) in [4.78, 5) is 21.9. The molecule has 9 nitrogen and oxygen atoms in total. The van der Waals surface area contributed by atoms with Gasteiger partial charge in [0, 0.05) is 24.4 Å². The molecular formula is C21H26N6O3S. The zero-order valence-electron chi connectivity index (χ0n) is 17.7. The Balaban J connectivity index is 1.45. The van der Waals surface area contributed by atoms with Gasteiger partial charge < -0.3 is 20.1 Å². The van der Waals surface area contributed by atoms with Crippen molar-refractivity contribution in [1.82, 2.24) is 25.1 Å². The van der Waals surface area contributed by atoms with Gasteiger partial charge in [-0.1, -0.05) is 25.6 Å². The number of ether oxygens (including phenoxy) is 2. The highest BCUT2D eigenvalue weighted by atomic mass is 32.2. The number of amides is 1. The largest absolute Gasteiger partial charge is 0.454 e. The van der Waals surface area contributed by atoms with Crippen molar-refractivity contribution in [1.29, 1.82) is 0 Å². The molecule has 0 saturated heterocycles. The number of nitrogens with one attached hydrogen (secondary N) is 2. The van der Waals surface area contributed by atoms with Crippen LogP contribution in [0.15, 0.2) is 29.6 Å². The Morgan fingerprint density at radius 1 is 1.16 bits per heavy atom. The minimum Gasteiger partial charge on any atom is -0.454 e. The summed E-state index contributed by atoms with van der Waals surface area (Å²) >= 11 is 1.64. The van der Waals surface area contributed by atoms with Crippen molar-refractivity contribution in [2.75, 3.05) is 31.0 Å². The van der Waals surface area contributed by atoms with Crippen LogP contribution in [-0.4, -0.2) is 51.3 Å². The lowest BCUT2D eigenvalue weighted by molar-refractivity contribution is 0.0951. The van der Waals surface area contributed by atoms with Gasteiger partial charge in [-0.15, -0.1) is 0 Å². The van der Waals surface area contributed by atoms with Gasteiger partial charge in [0.2, 0.25) is 6.79 Å². The van der Waals surface area contributed by atoms with Crippen LogP contribution in [-0.2, 0) is 6.54 Å². The van der Waals surface area contributed by atoms with Crippen molar-refractivity contribution in [3.05, 3.63) is 30.0 Å². The van der Waals surface area contributed by atoms with E-state index in [1.54, 1.807) is 36.2 Å². The Bertz CT molecular complexity index is 1070. The number of carbonyl (C=O) groups is 1. The Kier molecular flexibility index (Phi) is 6.76. The summed E-state index contributed by atoms with van der Waals surface area (Å²) in [5, 5.41) is 12.4. The number of aromatic nitrogens is 4. The Labute approximate surface area is 184 Å². The summed E-state index contributed by atoms with van der Waals surface area (Å²) in [6.07, 6.45) is 3.83. The predicted octanol–water partition coefficient (Wildman–Crippen LogP) is 3.31. The molecular weight excluding hydrogens is 416 g/mol. The Morgan fingerprint density at radius 2 is 2.03 bits per heavy atom. The summed E-state index contributed by atoms with van der Waals surface area (Å²) in [6.45, 7) is 6.19. The molecule has 0 aliphatic carbocycles. The lowest BCUT2D eigenvalue weighted by Crippen LogP contribution is -2.27. The van der Waals surface area contributed by atoms with Crippen LogP contribution in [0.2, 0.25) is 0 Å². The van der Waals surface area contributed by atoms with Gasteiger partial charge in [0.05, 0.1) is 18.1 Å². The molecule has 31 heavy (non-hydrogen) atoms. The maximum absolute atomic E-state index is 12.5. The molecule has 10 heteroatoms. The second-order valence-electron chi connectivity index (χ2n) is 7.06. The molecule has 0 fully saturated rings. The number of carbonyl (C=O) groups excluding carboxylic acids is 1. The fourth-order valence-corrected chi connectivity index (χ4v) is 3.84. The lowest BCUT2D eigenvalue weighted by Gasteiger charge is -2.09. The van der Waals surface area contributed by atoms with E-state index in [9.17, 15) is 4.79 Å². The van der Waals surface area contributed by atoms with Crippen LogP contribution in [0.4, 0.5) is 5.82 Å². The van der Waals surface area contributed by atoms with Crippen LogP contribution in [0.5, 0.6) is 11.5 Å². The summed E-state index contributed by atoms with van der Waals surface area (Å²) in [5.74, 6) is 2.84. The third-order valence-electron chi connectivity index (χ3n) is 4.70. The highest BCUT2D eigenvalue weighted by Gasteiger charge is 2.17. The van der Waals surface area contributed by atoms with Crippen molar-refractivity contribution < 1.29 is 14.3 Å². The van der Waals surface area contributed by atoms with E-state index >= 15 is 0 Å². The number of thioether (sulfide) groups is 1. The number of hydrogen-bond donors (Lipinski definition) is 2. The van der Waals surface area contributed by atoms with E-state index in [0.717, 1.165) is 47.1 Å².